The number of rotatable bonds is 3. The Hall–Kier alpha value is -3.72. The molecule has 0 aliphatic rings. The number of hydrogen-bond acceptors (Lipinski definition) is 3. The maximum Gasteiger partial charge on any atom is 0.157 e. The van der Waals surface area contributed by atoms with Crippen LogP contribution in [0.3, 0.4) is 0 Å². The molecule has 0 bridgehead atoms. The lowest BCUT2D eigenvalue weighted by Crippen LogP contribution is -2.12. The van der Waals surface area contributed by atoms with Crippen molar-refractivity contribution < 1.29 is 4.42 Å². The smallest absolute Gasteiger partial charge is 0.157 e. The Kier molecular flexibility index (Phi) is 5.13. The van der Waals surface area contributed by atoms with Crippen molar-refractivity contribution in [3.05, 3.63) is 95.8 Å². The van der Waals surface area contributed by atoms with Crippen LogP contribution in [0.4, 0.5) is 0 Å². The molecule has 33 heavy (non-hydrogen) atoms. The summed E-state index contributed by atoms with van der Waals surface area (Å²) in [5.74, 6) is 0.857. The highest BCUT2D eigenvalue weighted by Gasteiger charge is 2.27. The highest BCUT2D eigenvalue weighted by molar-refractivity contribution is 5.92. The Morgan fingerprint density at radius 2 is 1.30 bits per heavy atom. The molecule has 0 fully saturated rings. The number of benzene rings is 2. The Morgan fingerprint density at radius 3 is 2.00 bits per heavy atom. The SMILES string of the molecule is Cc1ccnc(-c2cccc(-c3ccc4oc(-c5cc(C)ccn5)c(C(C)(C)C)c4c3)c2)c1. The van der Waals surface area contributed by atoms with Gasteiger partial charge in [-0.1, -0.05) is 45.0 Å². The standard InChI is InChI=1S/C30H28N2O/c1-19-11-13-31-25(15-19)23-8-6-7-21(17-23)22-9-10-27-24(18-22)28(30(3,4)5)29(33-27)26-16-20(2)12-14-32-26/h6-18H,1-5H3. The van der Waals surface area contributed by atoms with Crippen LogP contribution >= 0.6 is 0 Å². The highest BCUT2D eigenvalue weighted by Crippen LogP contribution is 2.42. The maximum atomic E-state index is 6.39. The molecule has 0 unspecified atom stereocenters. The van der Waals surface area contributed by atoms with Crippen LogP contribution in [-0.4, -0.2) is 9.97 Å². The van der Waals surface area contributed by atoms with Gasteiger partial charge in [0.1, 0.15) is 11.3 Å². The fraction of sp³-hybridized carbons (Fsp3) is 0.200. The molecule has 0 spiro atoms. The van der Waals surface area contributed by atoms with Gasteiger partial charge < -0.3 is 4.42 Å². The summed E-state index contributed by atoms with van der Waals surface area (Å²) in [6, 6.07) is 23.3. The van der Waals surface area contributed by atoms with E-state index in [1.807, 2.05) is 24.5 Å². The zero-order chi connectivity index (χ0) is 23.2. The minimum Gasteiger partial charge on any atom is -0.454 e. The van der Waals surface area contributed by atoms with Crippen molar-refractivity contribution >= 4 is 11.0 Å². The monoisotopic (exact) mass is 432 g/mol. The molecule has 0 aliphatic heterocycles. The van der Waals surface area contributed by atoms with Gasteiger partial charge in [0.05, 0.1) is 5.69 Å². The first kappa shape index (κ1) is 21.1. The first-order valence-electron chi connectivity index (χ1n) is 11.3. The minimum absolute atomic E-state index is 0.0992. The molecule has 5 aromatic rings. The van der Waals surface area contributed by atoms with Gasteiger partial charge in [-0.3, -0.25) is 9.97 Å². The quantitative estimate of drug-likeness (QED) is 0.289. The van der Waals surface area contributed by atoms with Gasteiger partial charge in [-0.15, -0.1) is 0 Å². The topological polar surface area (TPSA) is 38.9 Å². The van der Waals surface area contributed by atoms with E-state index in [-0.39, 0.29) is 5.41 Å². The summed E-state index contributed by atoms with van der Waals surface area (Å²) in [6.45, 7) is 10.9. The van der Waals surface area contributed by atoms with Crippen molar-refractivity contribution in [2.24, 2.45) is 0 Å². The summed E-state index contributed by atoms with van der Waals surface area (Å²) in [6.07, 6.45) is 3.71. The molecule has 0 N–H and O–H groups in total. The number of hydrogen-bond donors (Lipinski definition) is 0. The van der Waals surface area contributed by atoms with Crippen LogP contribution in [-0.2, 0) is 5.41 Å². The third-order valence-electron chi connectivity index (χ3n) is 5.99. The first-order valence-corrected chi connectivity index (χ1v) is 11.3. The normalized spacial score (nSPS) is 11.8. The third kappa shape index (κ3) is 4.07. The Labute approximate surface area is 195 Å². The molecule has 0 saturated carbocycles. The van der Waals surface area contributed by atoms with E-state index in [9.17, 15) is 0 Å². The Morgan fingerprint density at radius 1 is 0.667 bits per heavy atom. The summed E-state index contributed by atoms with van der Waals surface area (Å²) in [5.41, 5.74) is 9.66. The van der Waals surface area contributed by atoms with Crippen molar-refractivity contribution in [2.75, 3.05) is 0 Å². The minimum atomic E-state index is -0.0992. The number of pyridine rings is 2. The van der Waals surface area contributed by atoms with E-state index >= 15 is 0 Å². The molecule has 3 nitrogen and oxygen atoms in total. The second-order valence-corrected chi connectivity index (χ2v) is 9.78. The number of nitrogens with zero attached hydrogens (tertiary/aromatic N) is 2. The lowest BCUT2D eigenvalue weighted by atomic mass is 9.83. The second kappa shape index (κ2) is 8.00. The van der Waals surface area contributed by atoms with Crippen LogP contribution in [0, 0.1) is 13.8 Å². The van der Waals surface area contributed by atoms with Gasteiger partial charge in [0.2, 0.25) is 0 Å². The molecule has 0 radical (unpaired) electrons. The largest absolute Gasteiger partial charge is 0.454 e. The number of fused-ring (bicyclic) bond motifs is 1. The number of aryl methyl sites for hydroxylation is 2. The lowest BCUT2D eigenvalue weighted by molar-refractivity contribution is 0.566. The average molecular weight is 433 g/mol. The Bertz CT molecular complexity index is 1470. The summed E-state index contributed by atoms with van der Waals surface area (Å²) in [5, 5.41) is 1.14. The molecule has 0 saturated heterocycles. The van der Waals surface area contributed by atoms with Crippen molar-refractivity contribution in [3.63, 3.8) is 0 Å². The van der Waals surface area contributed by atoms with Crippen LogP contribution in [0.25, 0.3) is 44.8 Å². The van der Waals surface area contributed by atoms with Gasteiger partial charge >= 0.3 is 0 Å². The molecular weight excluding hydrogens is 404 g/mol. The van der Waals surface area contributed by atoms with Gasteiger partial charge in [-0.2, -0.15) is 0 Å². The molecule has 5 rings (SSSR count). The molecule has 3 aromatic heterocycles. The first-order chi connectivity index (χ1) is 15.8. The summed E-state index contributed by atoms with van der Waals surface area (Å²) in [7, 11) is 0. The summed E-state index contributed by atoms with van der Waals surface area (Å²) >= 11 is 0. The van der Waals surface area contributed by atoms with Gasteiger partial charge in [-0.25, -0.2) is 0 Å². The van der Waals surface area contributed by atoms with E-state index < -0.39 is 0 Å². The van der Waals surface area contributed by atoms with E-state index in [0.29, 0.717) is 0 Å². The number of furan rings is 1. The van der Waals surface area contributed by atoms with Crippen LogP contribution in [0.15, 0.2) is 83.5 Å². The van der Waals surface area contributed by atoms with Crippen LogP contribution in [0.2, 0.25) is 0 Å². The zero-order valence-corrected chi connectivity index (χ0v) is 19.8. The van der Waals surface area contributed by atoms with E-state index in [1.54, 1.807) is 0 Å². The van der Waals surface area contributed by atoms with Gasteiger partial charge in [-0.05, 0) is 84.0 Å². The third-order valence-corrected chi connectivity index (χ3v) is 5.99. The lowest BCUT2D eigenvalue weighted by Gasteiger charge is -2.19. The van der Waals surface area contributed by atoms with E-state index in [4.69, 9.17) is 4.42 Å². The molecule has 3 heterocycles. The van der Waals surface area contributed by atoms with Crippen LogP contribution in [0.5, 0.6) is 0 Å². The molecular formula is C30H28N2O. The molecule has 2 aromatic carbocycles. The van der Waals surface area contributed by atoms with E-state index in [0.717, 1.165) is 44.8 Å². The Balaban J connectivity index is 1.67. The predicted octanol–water partition coefficient (Wildman–Crippen LogP) is 8.14. The summed E-state index contributed by atoms with van der Waals surface area (Å²) < 4.78 is 6.39. The zero-order valence-electron chi connectivity index (χ0n) is 19.8. The van der Waals surface area contributed by atoms with Crippen LogP contribution < -0.4 is 0 Å². The highest BCUT2D eigenvalue weighted by atomic mass is 16.3. The molecule has 0 atom stereocenters. The molecule has 3 heteroatoms. The maximum absolute atomic E-state index is 6.39. The van der Waals surface area contributed by atoms with Gasteiger partial charge in [0.25, 0.3) is 0 Å². The van der Waals surface area contributed by atoms with Crippen molar-refractivity contribution in [1.29, 1.82) is 0 Å². The van der Waals surface area contributed by atoms with E-state index in [2.05, 4.69) is 99.2 Å². The van der Waals surface area contributed by atoms with Crippen molar-refractivity contribution in [2.45, 2.75) is 40.0 Å². The fourth-order valence-electron chi connectivity index (χ4n) is 4.41. The van der Waals surface area contributed by atoms with Crippen molar-refractivity contribution in [1.82, 2.24) is 9.97 Å². The second-order valence-electron chi connectivity index (χ2n) is 9.78. The molecule has 164 valence electrons. The molecule has 0 amide bonds. The van der Waals surface area contributed by atoms with E-state index in [1.165, 1.54) is 16.7 Å². The fourth-order valence-corrected chi connectivity index (χ4v) is 4.41. The van der Waals surface area contributed by atoms with Gasteiger partial charge in [0, 0.05) is 28.9 Å². The summed E-state index contributed by atoms with van der Waals surface area (Å²) in [4.78, 5) is 9.17. The number of aromatic nitrogens is 2. The van der Waals surface area contributed by atoms with Crippen molar-refractivity contribution in [3.8, 4) is 33.8 Å². The molecule has 0 aliphatic carbocycles. The van der Waals surface area contributed by atoms with Gasteiger partial charge in [0.15, 0.2) is 5.76 Å². The van der Waals surface area contributed by atoms with Crippen LogP contribution in [0.1, 0.15) is 37.5 Å². The predicted molar refractivity (Wildman–Crippen MR) is 136 cm³/mol. The average Bonchev–Trinajstić information content (AvgIpc) is 3.19.